The van der Waals surface area contributed by atoms with Crippen molar-refractivity contribution in [3.8, 4) is 16.9 Å². The fourth-order valence-corrected chi connectivity index (χ4v) is 4.24. The molecule has 1 aromatic heterocycles. The molecular formula is C31H32N2O6. The molecule has 3 N–H and O–H groups in total. The maximum Gasteiger partial charge on any atom is 0.256 e. The van der Waals surface area contributed by atoms with Crippen molar-refractivity contribution in [1.82, 2.24) is 10.4 Å². The van der Waals surface area contributed by atoms with E-state index in [4.69, 9.17) is 14.4 Å². The Balaban J connectivity index is 1.50. The fourth-order valence-electron chi connectivity index (χ4n) is 4.24. The summed E-state index contributed by atoms with van der Waals surface area (Å²) in [5.74, 6) is -0.0971. The molecule has 0 aliphatic carbocycles. The molecule has 4 aromatic rings. The number of carbonyl (C=O) groups is 2. The number of aliphatic hydroxyl groups is 1. The van der Waals surface area contributed by atoms with E-state index in [1.165, 1.54) is 4.90 Å². The molecule has 3 aromatic carbocycles. The van der Waals surface area contributed by atoms with Crippen molar-refractivity contribution in [3.63, 3.8) is 0 Å². The summed E-state index contributed by atoms with van der Waals surface area (Å²) in [4.78, 5) is 26.3. The van der Waals surface area contributed by atoms with Gasteiger partial charge >= 0.3 is 0 Å². The number of aliphatic hydroxyl groups excluding tert-OH is 1. The van der Waals surface area contributed by atoms with E-state index in [-0.39, 0.29) is 18.9 Å². The van der Waals surface area contributed by atoms with Crippen LogP contribution in [0.5, 0.6) is 5.75 Å². The van der Waals surface area contributed by atoms with Crippen LogP contribution in [0.1, 0.15) is 53.4 Å². The summed E-state index contributed by atoms with van der Waals surface area (Å²) in [5.41, 5.74) is 5.28. The molecule has 0 bridgehead atoms. The normalized spacial score (nSPS) is 11.5. The van der Waals surface area contributed by atoms with Gasteiger partial charge in [-0.15, -0.1) is 0 Å². The number of unbranched alkanes of at least 4 members (excludes halogenated alkanes) is 2. The molecular weight excluding hydrogens is 496 g/mol. The lowest BCUT2D eigenvalue weighted by atomic mass is 10.0. The molecule has 8 heteroatoms. The highest BCUT2D eigenvalue weighted by molar-refractivity contribution is 5.95. The van der Waals surface area contributed by atoms with Crippen LogP contribution in [0, 0.1) is 0 Å². The predicted molar refractivity (Wildman–Crippen MR) is 146 cm³/mol. The standard InChI is InChI=1S/C31H32N2O6/c34-29(32-37)13-5-2-8-19-39-28-12-7-6-11-26(28)21-33(30(35)24-9-3-1-4-10-24)31(36)25-16-14-23(15-17-25)27-18-20-38-22-27/h1,3-4,6-7,9-12,14-18,20,22,30,35,37H,2,5,8,13,19,21H2,(H,32,34). The Kier molecular flexibility index (Phi) is 9.88. The first-order valence-corrected chi connectivity index (χ1v) is 12.9. The van der Waals surface area contributed by atoms with E-state index in [1.807, 2.05) is 60.7 Å². The number of ether oxygens (including phenoxy) is 1. The number of hydrogen-bond donors (Lipinski definition) is 3. The zero-order valence-electron chi connectivity index (χ0n) is 21.5. The van der Waals surface area contributed by atoms with E-state index in [0.717, 1.165) is 29.5 Å². The number of furan rings is 1. The van der Waals surface area contributed by atoms with Gasteiger partial charge < -0.3 is 19.2 Å². The van der Waals surface area contributed by atoms with Gasteiger partial charge in [0, 0.05) is 28.7 Å². The Labute approximate surface area is 227 Å². The SMILES string of the molecule is O=C(CCCCCOc1ccccc1CN(C(=O)c1ccc(-c2ccoc2)cc1)C(O)c1ccccc1)NO. The monoisotopic (exact) mass is 528 g/mol. The Morgan fingerprint density at radius 3 is 2.33 bits per heavy atom. The first-order valence-electron chi connectivity index (χ1n) is 12.9. The topological polar surface area (TPSA) is 112 Å². The van der Waals surface area contributed by atoms with Crippen LogP contribution in [0.15, 0.2) is 102 Å². The van der Waals surface area contributed by atoms with E-state index < -0.39 is 12.1 Å². The number of nitrogens with one attached hydrogen (secondary N) is 1. The lowest BCUT2D eigenvalue weighted by Crippen LogP contribution is -2.34. The number of amides is 2. The number of nitrogens with zero attached hydrogens (tertiary/aromatic N) is 1. The molecule has 0 saturated heterocycles. The third-order valence-corrected chi connectivity index (χ3v) is 6.38. The van der Waals surface area contributed by atoms with Crippen LogP contribution in [0.2, 0.25) is 0 Å². The molecule has 0 spiro atoms. The number of para-hydroxylation sites is 1. The molecule has 39 heavy (non-hydrogen) atoms. The number of benzene rings is 3. The van der Waals surface area contributed by atoms with Gasteiger partial charge in [-0.2, -0.15) is 0 Å². The molecule has 2 amide bonds. The molecule has 1 unspecified atom stereocenters. The van der Waals surface area contributed by atoms with Crippen LogP contribution in [0.4, 0.5) is 0 Å². The molecule has 0 aliphatic rings. The van der Waals surface area contributed by atoms with Gasteiger partial charge in [-0.1, -0.05) is 60.7 Å². The number of rotatable bonds is 13. The maximum absolute atomic E-state index is 13.7. The summed E-state index contributed by atoms with van der Waals surface area (Å²) in [6.45, 7) is 0.563. The second-order valence-corrected chi connectivity index (χ2v) is 9.11. The highest BCUT2D eigenvalue weighted by Crippen LogP contribution is 2.28. The molecule has 1 atom stereocenters. The Bertz CT molecular complexity index is 1320. The van der Waals surface area contributed by atoms with Crippen molar-refractivity contribution in [2.75, 3.05) is 6.61 Å². The second kappa shape index (κ2) is 13.9. The van der Waals surface area contributed by atoms with Crippen LogP contribution in [-0.2, 0) is 11.3 Å². The van der Waals surface area contributed by atoms with E-state index in [1.54, 1.807) is 42.3 Å². The molecule has 0 saturated carbocycles. The highest BCUT2D eigenvalue weighted by Gasteiger charge is 2.26. The molecule has 4 rings (SSSR count). The van der Waals surface area contributed by atoms with Crippen LogP contribution in [-0.4, -0.2) is 33.6 Å². The summed E-state index contributed by atoms with van der Waals surface area (Å²) in [7, 11) is 0. The first-order chi connectivity index (χ1) is 19.1. The van der Waals surface area contributed by atoms with Gasteiger partial charge in [-0.05, 0) is 49.1 Å². The average Bonchev–Trinajstić information content (AvgIpc) is 3.53. The minimum atomic E-state index is -1.17. The summed E-state index contributed by atoms with van der Waals surface area (Å²) in [6.07, 6.45) is 4.46. The minimum Gasteiger partial charge on any atom is -0.493 e. The van der Waals surface area contributed by atoms with Crippen molar-refractivity contribution in [2.24, 2.45) is 0 Å². The number of hydrogen-bond acceptors (Lipinski definition) is 6. The van der Waals surface area contributed by atoms with Crippen molar-refractivity contribution >= 4 is 11.8 Å². The van der Waals surface area contributed by atoms with Gasteiger partial charge in [0.2, 0.25) is 5.91 Å². The van der Waals surface area contributed by atoms with Gasteiger partial charge in [-0.25, -0.2) is 5.48 Å². The zero-order chi connectivity index (χ0) is 27.5. The molecule has 202 valence electrons. The molecule has 0 radical (unpaired) electrons. The number of carbonyl (C=O) groups excluding carboxylic acids is 2. The van der Waals surface area contributed by atoms with Gasteiger partial charge in [0.25, 0.3) is 5.91 Å². The third-order valence-electron chi connectivity index (χ3n) is 6.38. The summed E-state index contributed by atoms with van der Waals surface area (Å²) < 4.78 is 11.2. The lowest BCUT2D eigenvalue weighted by molar-refractivity contribution is -0.129. The molecule has 0 aliphatic heterocycles. The van der Waals surface area contributed by atoms with E-state index in [0.29, 0.717) is 29.9 Å². The minimum absolute atomic E-state index is 0.130. The summed E-state index contributed by atoms with van der Waals surface area (Å²) >= 11 is 0. The van der Waals surface area contributed by atoms with Crippen molar-refractivity contribution in [3.05, 3.63) is 114 Å². The Hall–Kier alpha value is -4.40. The van der Waals surface area contributed by atoms with Crippen LogP contribution >= 0.6 is 0 Å². The van der Waals surface area contributed by atoms with Crippen molar-refractivity contribution < 1.29 is 29.1 Å². The number of hydroxylamine groups is 1. The van der Waals surface area contributed by atoms with E-state index in [9.17, 15) is 14.7 Å². The Morgan fingerprint density at radius 1 is 0.872 bits per heavy atom. The molecule has 8 nitrogen and oxygen atoms in total. The van der Waals surface area contributed by atoms with Crippen molar-refractivity contribution in [2.45, 2.75) is 38.5 Å². The van der Waals surface area contributed by atoms with Crippen LogP contribution in [0.3, 0.4) is 0 Å². The second-order valence-electron chi connectivity index (χ2n) is 9.11. The van der Waals surface area contributed by atoms with Crippen LogP contribution < -0.4 is 10.2 Å². The van der Waals surface area contributed by atoms with E-state index >= 15 is 0 Å². The van der Waals surface area contributed by atoms with Gasteiger partial charge in [-0.3, -0.25) is 14.8 Å². The molecule has 1 heterocycles. The third kappa shape index (κ3) is 7.56. The van der Waals surface area contributed by atoms with Crippen molar-refractivity contribution in [1.29, 1.82) is 0 Å². The highest BCUT2D eigenvalue weighted by atomic mass is 16.5. The Morgan fingerprint density at radius 2 is 1.62 bits per heavy atom. The summed E-state index contributed by atoms with van der Waals surface area (Å²) in [6, 6.07) is 25.6. The molecule has 0 fully saturated rings. The smallest absolute Gasteiger partial charge is 0.256 e. The quantitative estimate of drug-likeness (QED) is 0.0885. The van der Waals surface area contributed by atoms with Crippen LogP contribution in [0.25, 0.3) is 11.1 Å². The zero-order valence-corrected chi connectivity index (χ0v) is 21.5. The maximum atomic E-state index is 13.7. The van der Waals surface area contributed by atoms with Gasteiger partial charge in [0.05, 0.1) is 25.7 Å². The first kappa shape index (κ1) is 27.6. The summed E-state index contributed by atoms with van der Waals surface area (Å²) in [5, 5.41) is 19.9. The largest absolute Gasteiger partial charge is 0.493 e. The average molecular weight is 529 g/mol. The fraction of sp³-hybridized carbons (Fsp3) is 0.226. The predicted octanol–water partition coefficient (Wildman–Crippen LogP) is 5.72. The van der Waals surface area contributed by atoms with Gasteiger partial charge in [0.15, 0.2) is 6.23 Å². The lowest BCUT2D eigenvalue weighted by Gasteiger charge is -2.29. The van der Waals surface area contributed by atoms with Gasteiger partial charge in [0.1, 0.15) is 5.75 Å². The van der Waals surface area contributed by atoms with E-state index in [2.05, 4.69) is 0 Å².